The summed E-state index contributed by atoms with van der Waals surface area (Å²) < 4.78 is 6.70. The molecular weight excluding hydrogens is 657 g/mol. The summed E-state index contributed by atoms with van der Waals surface area (Å²) in [6.07, 6.45) is 0. The first kappa shape index (κ1) is 31.5. The van der Waals surface area contributed by atoms with Gasteiger partial charge in [-0.25, -0.2) is 4.98 Å². The summed E-state index contributed by atoms with van der Waals surface area (Å²) in [5.74, 6) is 0.617. The van der Waals surface area contributed by atoms with Crippen molar-refractivity contribution in [3.63, 3.8) is 0 Å². The Morgan fingerprint density at radius 2 is 0.981 bits per heavy atom. The molecule has 0 saturated carbocycles. The molecule has 1 aromatic heterocycles. The molecule has 0 fully saturated rings. The lowest BCUT2D eigenvalue weighted by molar-refractivity contribution is 0.623. The maximum absolute atomic E-state index is 6.70. The van der Waals surface area contributed by atoms with Crippen molar-refractivity contribution in [3.8, 4) is 44.8 Å². The van der Waals surface area contributed by atoms with Crippen LogP contribution in [0.1, 0.15) is 0 Å². The molecule has 0 radical (unpaired) electrons. The lowest BCUT2D eigenvalue weighted by Gasteiger charge is -2.29. The highest BCUT2D eigenvalue weighted by Gasteiger charge is 2.21. The molecule has 0 aliphatic rings. The van der Waals surface area contributed by atoms with Crippen LogP contribution in [-0.2, 0) is 0 Å². The van der Waals surface area contributed by atoms with Gasteiger partial charge in [-0.15, -0.1) is 0 Å². The van der Waals surface area contributed by atoms with Crippen LogP contribution < -0.4 is 4.90 Å². The summed E-state index contributed by atoms with van der Waals surface area (Å²) in [5, 5.41) is 4.41. The molecule has 0 amide bonds. The lowest BCUT2D eigenvalue weighted by atomic mass is 9.92. The van der Waals surface area contributed by atoms with Crippen LogP contribution in [-0.4, -0.2) is 4.98 Å². The molecule has 0 N–H and O–H groups in total. The van der Waals surface area contributed by atoms with Crippen LogP contribution >= 0.6 is 0 Å². The highest BCUT2D eigenvalue weighted by molar-refractivity contribution is 6.22. The van der Waals surface area contributed by atoms with Crippen molar-refractivity contribution in [3.05, 3.63) is 206 Å². The van der Waals surface area contributed by atoms with Gasteiger partial charge in [-0.1, -0.05) is 146 Å². The number of fused-ring (bicyclic) bond motifs is 5. The molecule has 3 heteroatoms. The zero-order chi connectivity index (χ0) is 35.8. The van der Waals surface area contributed by atoms with Gasteiger partial charge in [0.05, 0.1) is 5.69 Å². The average Bonchev–Trinajstić information content (AvgIpc) is 3.70. The first-order chi connectivity index (χ1) is 26.8. The highest BCUT2D eigenvalue weighted by atomic mass is 16.3. The van der Waals surface area contributed by atoms with Gasteiger partial charge < -0.3 is 9.32 Å². The maximum Gasteiger partial charge on any atom is 0.227 e. The minimum atomic E-state index is 0.617. The second-order valence-electron chi connectivity index (χ2n) is 13.6. The molecule has 0 atom stereocenters. The minimum Gasteiger partial charge on any atom is -0.435 e. The van der Waals surface area contributed by atoms with Gasteiger partial charge in [0.1, 0.15) is 5.52 Å². The van der Waals surface area contributed by atoms with Gasteiger partial charge in [0.2, 0.25) is 5.89 Å². The summed E-state index contributed by atoms with van der Waals surface area (Å²) in [5.41, 5.74) is 12.8. The Balaban J connectivity index is 1.26. The van der Waals surface area contributed by atoms with Gasteiger partial charge in [-0.2, -0.15) is 0 Å². The van der Waals surface area contributed by atoms with Crippen LogP contribution in [0, 0.1) is 0 Å². The fourth-order valence-electron chi connectivity index (χ4n) is 7.71. The molecule has 54 heavy (non-hydrogen) atoms. The number of aromatic nitrogens is 1. The zero-order valence-electron chi connectivity index (χ0n) is 29.4. The van der Waals surface area contributed by atoms with Crippen molar-refractivity contribution in [1.29, 1.82) is 0 Å². The van der Waals surface area contributed by atoms with E-state index in [1.54, 1.807) is 0 Å². The van der Waals surface area contributed by atoms with E-state index in [2.05, 4.69) is 181 Å². The third-order valence-corrected chi connectivity index (χ3v) is 10.3. The van der Waals surface area contributed by atoms with Crippen molar-refractivity contribution in [1.82, 2.24) is 4.98 Å². The summed E-state index contributed by atoms with van der Waals surface area (Å²) in [4.78, 5) is 7.36. The van der Waals surface area contributed by atoms with Crippen LogP contribution in [0.3, 0.4) is 0 Å². The molecule has 254 valence electrons. The predicted octanol–water partition coefficient (Wildman–Crippen LogP) is 14.3. The lowest BCUT2D eigenvalue weighted by Crippen LogP contribution is -2.11. The number of benzene rings is 9. The molecule has 0 bridgehead atoms. The molecule has 0 saturated heterocycles. The number of oxazole rings is 1. The minimum absolute atomic E-state index is 0.617. The van der Waals surface area contributed by atoms with E-state index < -0.39 is 0 Å². The van der Waals surface area contributed by atoms with Crippen molar-refractivity contribution in [2.75, 3.05) is 4.90 Å². The van der Waals surface area contributed by atoms with E-state index in [1.807, 2.05) is 30.3 Å². The van der Waals surface area contributed by atoms with Crippen molar-refractivity contribution >= 4 is 49.7 Å². The van der Waals surface area contributed by atoms with Gasteiger partial charge in [-0.3, -0.25) is 0 Å². The molecule has 0 aliphatic carbocycles. The van der Waals surface area contributed by atoms with E-state index in [1.165, 1.54) is 22.3 Å². The first-order valence-corrected chi connectivity index (χ1v) is 18.3. The maximum atomic E-state index is 6.70. The molecule has 0 spiro atoms. The number of anilines is 3. The fraction of sp³-hybridized carbons (Fsp3) is 0. The van der Waals surface area contributed by atoms with Crippen molar-refractivity contribution < 1.29 is 4.42 Å². The van der Waals surface area contributed by atoms with Gasteiger partial charge in [0.25, 0.3) is 0 Å². The molecule has 1 heterocycles. The molecule has 3 nitrogen and oxygen atoms in total. The standard InChI is InChI=1S/C51H34N2O/c1-6-16-35(17-7-1)39-27-31-48(45(32-39)37-20-10-3-11-21-37)53(41-24-14-5-15-25-41)42-28-29-43-44(36-18-8-2-9-19-36)33-40-26-30-47-50(49(40)46(43)34-42)54-51(52-47)38-22-12-4-13-23-38/h1-34H. The second-order valence-corrected chi connectivity index (χ2v) is 13.6. The molecule has 0 unspecified atom stereocenters. The second kappa shape index (κ2) is 13.4. The van der Waals surface area contributed by atoms with Crippen molar-refractivity contribution in [2.45, 2.75) is 0 Å². The SMILES string of the molecule is c1ccc(-c2ccc(N(c3ccccc3)c3ccc4c(-c5ccccc5)cc5ccc6nc(-c7ccccc7)oc6c5c4c3)c(-c3ccccc3)c2)cc1. The third-order valence-electron chi connectivity index (χ3n) is 10.3. The Labute approximate surface area is 314 Å². The van der Waals surface area contributed by atoms with E-state index >= 15 is 0 Å². The Bertz CT molecular complexity index is 2900. The number of rotatable bonds is 7. The quantitative estimate of drug-likeness (QED) is 0.156. The normalized spacial score (nSPS) is 11.3. The molecule has 10 rings (SSSR count). The van der Waals surface area contributed by atoms with Crippen LogP contribution in [0.25, 0.3) is 77.5 Å². The predicted molar refractivity (Wildman–Crippen MR) is 225 cm³/mol. The fourth-order valence-corrected chi connectivity index (χ4v) is 7.71. The number of nitrogens with zero attached hydrogens (tertiary/aromatic N) is 2. The van der Waals surface area contributed by atoms with Crippen LogP contribution in [0.2, 0.25) is 0 Å². The summed E-state index contributed by atoms with van der Waals surface area (Å²) in [6, 6.07) is 73.0. The average molecular weight is 691 g/mol. The van der Waals surface area contributed by atoms with E-state index in [9.17, 15) is 0 Å². The topological polar surface area (TPSA) is 29.3 Å². The number of para-hydroxylation sites is 1. The third kappa shape index (κ3) is 5.60. The van der Waals surface area contributed by atoms with Gasteiger partial charge in [-0.05, 0) is 105 Å². The zero-order valence-corrected chi connectivity index (χ0v) is 29.4. The summed E-state index contributed by atoms with van der Waals surface area (Å²) in [7, 11) is 0. The Morgan fingerprint density at radius 3 is 1.65 bits per heavy atom. The van der Waals surface area contributed by atoms with E-state index in [-0.39, 0.29) is 0 Å². The van der Waals surface area contributed by atoms with Crippen LogP contribution in [0.5, 0.6) is 0 Å². The van der Waals surface area contributed by atoms with Gasteiger partial charge in [0.15, 0.2) is 5.58 Å². The smallest absolute Gasteiger partial charge is 0.227 e. The van der Waals surface area contributed by atoms with Gasteiger partial charge in [0, 0.05) is 27.9 Å². The Kier molecular flexibility index (Phi) is 7.81. The molecular formula is C51H34N2O. The Morgan fingerprint density at radius 1 is 0.389 bits per heavy atom. The highest BCUT2D eigenvalue weighted by Crippen LogP contribution is 2.46. The van der Waals surface area contributed by atoms with Crippen molar-refractivity contribution in [2.24, 2.45) is 0 Å². The van der Waals surface area contributed by atoms with Crippen LogP contribution in [0.4, 0.5) is 17.1 Å². The molecule has 9 aromatic carbocycles. The summed E-state index contributed by atoms with van der Waals surface area (Å²) in [6.45, 7) is 0. The van der Waals surface area contributed by atoms with E-state index in [0.29, 0.717) is 5.89 Å². The first-order valence-electron chi connectivity index (χ1n) is 18.3. The monoisotopic (exact) mass is 690 g/mol. The summed E-state index contributed by atoms with van der Waals surface area (Å²) >= 11 is 0. The molecule has 10 aromatic rings. The molecule has 0 aliphatic heterocycles. The Hall–Kier alpha value is -7.23. The van der Waals surface area contributed by atoms with Gasteiger partial charge >= 0.3 is 0 Å². The van der Waals surface area contributed by atoms with Crippen LogP contribution in [0.15, 0.2) is 211 Å². The largest absolute Gasteiger partial charge is 0.435 e. The van der Waals surface area contributed by atoms with E-state index in [0.717, 1.165) is 66.4 Å². The number of hydrogen-bond acceptors (Lipinski definition) is 3. The number of hydrogen-bond donors (Lipinski definition) is 0. The van der Waals surface area contributed by atoms with E-state index in [4.69, 9.17) is 9.40 Å².